The lowest BCUT2D eigenvalue weighted by Gasteiger charge is -2.49. The Balaban J connectivity index is 4.70. The minimum atomic E-state index is 0.326. The number of unbranched alkanes of at least 4 members (excludes halogenated alkanes) is 10. The van der Waals surface area contributed by atoms with Crippen LogP contribution < -0.4 is 0 Å². The molecule has 0 N–H and O–H groups in total. The van der Waals surface area contributed by atoms with Crippen LogP contribution >= 0.6 is 0 Å². The van der Waals surface area contributed by atoms with Crippen LogP contribution in [0.2, 0.25) is 0 Å². The van der Waals surface area contributed by atoms with Gasteiger partial charge in [0.15, 0.2) is 0 Å². The topological polar surface area (TPSA) is 3.24 Å². The molecule has 0 aliphatic heterocycles. The zero-order valence-electron chi connectivity index (χ0n) is 19.8. The van der Waals surface area contributed by atoms with Gasteiger partial charge in [-0.05, 0) is 53.5 Å². The summed E-state index contributed by atoms with van der Waals surface area (Å²) < 4.78 is 0. The van der Waals surface area contributed by atoms with Crippen LogP contribution in [-0.2, 0) is 0 Å². The largest absolute Gasteiger partial charge is 0.293 e. The summed E-state index contributed by atoms with van der Waals surface area (Å²) in [5.74, 6) is 0. The lowest BCUT2D eigenvalue weighted by atomic mass is 9.85. The molecule has 0 aromatic heterocycles. The van der Waals surface area contributed by atoms with Gasteiger partial charge in [0.1, 0.15) is 0 Å². The quantitative estimate of drug-likeness (QED) is 0.219. The smallest absolute Gasteiger partial charge is 0.0158 e. The van der Waals surface area contributed by atoms with Crippen molar-refractivity contribution in [2.45, 2.75) is 156 Å². The molecule has 0 rings (SSSR count). The highest BCUT2D eigenvalue weighted by molar-refractivity contribution is 4.92. The van der Waals surface area contributed by atoms with Crippen molar-refractivity contribution in [3.8, 4) is 0 Å². The van der Waals surface area contributed by atoms with Crippen LogP contribution in [0.4, 0.5) is 0 Å². The number of hydrogen-bond donors (Lipinski definition) is 0. The molecule has 0 unspecified atom stereocenters. The summed E-state index contributed by atoms with van der Waals surface area (Å²) in [7, 11) is 0. The van der Waals surface area contributed by atoms with Gasteiger partial charge in [-0.2, -0.15) is 0 Å². The Morgan fingerprint density at radius 3 is 1.19 bits per heavy atom. The average molecular weight is 368 g/mol. The lowest BCUT2D eigenvalue weighted by molar-refractivity contribution is 0.00161. The van der Waals surface area contributed by atoms with Crippen LogP contribution in [-0.4, -0.2) is 22.5 Å². The highest BCUT2D eigenvalue weighted by Gasteiger charge is 2.36. The van der Waals surface area contributed by atoms with E-state index in [4.69, 9.17) is 0 Å². The molecular formula is C25H53N. The van der Waals surface area contributed by atoms with Gasteiger partial charge in [0.05, 0.1) is 0 Å². The van der Waals surface area contributed by atoms with Gasteiger partial charge in [-0.15, -0.1) is 0 Å². The Morgan fingerprint density at radius 2 is 0.808 bits per heavy atom. The van der Waals surface area contributed by atoms with E-state index in [1.165, 1.54) is 103 Å². The number of hydrogen-bond acceptors (Lipinski definition) is 1. The summed E-state index contributed by atoms with van der Waals surface area (Å²) in [6, 6.07) is 0. The third-order valence-corrected chi connectivity index (χ3v) is 6.23. The molecule has 0 saturated heterocycles. The molecule has 0 aromatic carbocycles. The summed E-state index contributed by atoms with van der Waals surface area (Å²) in [6.45, 7) is 18.3. The molecule has 0 saturated carbocycles. The average Bonchev–Trinajstić information content (AvgIpc) is 2.58. The Morgan fingerprint density at radius 1 is 0.462 bits per heavy atom. The molecule has 0 radical (unpaired) electrons. The summed E-state index contributed by atoms with van der Waals surface area (Å²) in [6.07, 6.45) is 20.7. The highest BCUT2D eigenvalue weighted by Crippen LogP contribution is 2.33. The van der Waals surface area contributed by atoms with Crippen LogP contribution in [0, 0.1) is 0 Å². The molecule has 158 valence electrons. The van der Waals surface area contributed by atoms with Crippen molar-refractivity contribution in [3.63, 3.8) is 0 Å². The maximum absolute atomic E-state index is 2.88. The second-order valence-corrected chi connectivity index (χ2v) is 9.81. The monoisotopic (exact) mass is 367 g/mol. The van der Waals surface area contributed by atoms with E-state index in [1.54, 1.807) is 0 Å². The minimum absolute atomic E-state index is 0.326. The molecule has 0 aromatic rings. The fourth-order valence-electron chi connectivity index (χ4n) is 4.54. The van der Waals surface area contributed by atoms with E-state index in [0.29, 0.717) is 11.1 Å². The molecule has 0 atom stereocenters. The molecule has 1 heteroatoms. The van der Waals surface area contributed by atoms with Crippen LogP contribution in [0.3, 0.4) is 0 Å². The summed E-state index contributed by atoms with van der Waals surface area (Å²) >= 11 is 0. The first-order valence-corrected chi connectivity index (χ1v) is 12.1. The molecule has 0 spiro atoms. The van der Waals surface area contributed by atoms with Crippen molar-refractivity contribution in [3.05, 3.63) is 0 Å². The van der Waals surface area contributed by atoms with Crippen LogP contribution in [0.25, 0.3) is 0 Å². The van der Waals surface area contributed by atoms with Crippen LogP contribution in [0.1, 0.15) is 145 Å². The second kappa shape index (κ2) is 14.9. The fourth-order valence-corrected chi connectivity index (χ4v) is 4.54. The zero-order chi connectivity index (χ0) is 19.9. The van der Waals surface area contributed by atoms with E-state index in [9.17, 15) is 0 Å². The van der Waals surface area contributed by atoms with Crippen molar-refractivity contribution >= 4 is 0 Å². The standard InChI is InChI=1S/C25H53N/c1-8-11-14-16-18-21-24(4,5)26(23-20-13-10-3)25(6,7)22-19-17-15-12-9-2/h8-23H2,1-7H3. The van der Waals surface area contributed by atoms with Gasteiger partial charge in [0.25, 0.3) is 0 Å². The third-order valence-electron chi connectivity index (χ3n) is 6.23. The molecule has 26 heavy (non-hydrogen) atoms. The number of rotatable bonds is 18. The van der Waals surface area contributed by atoms with E-state index < -0.39 is 0 Å². The fraction of sp³-hybridized carbons (Fsp3) is 1.00. The molecular weight excluding hydrogens is 314 g/mol. The summed E-state index contributed by atoms with van der Waals surface area (Å²) in [5.41, 5.74) is 0.653. The van der Waals surface area contributed by atoms with Crippen LogP contribution in [0.5, 0.6) is 0 Å². The van der Waals surface area contributed by atoms with Gasteiger partial charge in [-0.1, -0.05) is 97.8 Å². The normalized spacial score (nSPS) is 12.9. The third kappa shape index (κ3) is 11.6. The molecule has 0 bridgehead atoms. The van der Waals surface area contributed by atoms with E-state index in [2.05, 4.69) is 53.4 Å². The Bertz CT molecular complexity index is 279. The Hall–Kier alpha value is -0.0400. The Kier molecular flexibility index (Phi) is 14.9. The molecule has 1 nitrogen and oxygen atoms in total. The first-order chi connectivity index (χ1) is 12.3. The molecule has 0 aliphatic rings. The Labute approximate surface area is 167 Å². The van der Waals surface area contributed by atoms with Crippen molar-refractivity contribution in [1.82, 2.24) is 4.90 Å². The molecule has 0 aliphatic carbocycles. The van der Waals surface area contributed by atoms with Crippen molar-refractivity contribution in [2.24, 2.45) is 0 Å². The molecule has 0 heterocycles. The maximum atomic E-state index is 2.88. The van der Waals surface area contributed by atoms with E-state index in [1.807, 2.05) is 0 Å². The van der Waals surface area contributed by atoms with Crippen molar-refractivity contribution in [1.29, 1.82) is 0 Å². The van der Waals surface area contributed by atoms with Gasteiger partial charge in [-0.3, -0.25) is 4.90 Å². The van der Waals surface area contributed by atoms with Gasteiger partial charge in [0.2, 0.25) is 0 Å². The van der Waals surface area contributed by atoms with Gasteiger partial charge in [-0.25, -0.2) is 0 Å². The van der Waals surface area contributed by atoms with E-state index in [-0.39, 0.29) is 0 Å². The molecule has 0 fully saturated rings. The number of nitrogens with zero attached hydrogens (tertiary/aromatic N) is 1. The molecule has 0 amide bonds. The first kappa shape index (κ1) is 26.0. The zero-order valence-corrected chi connectivity index (χ0v) is 19.8. The predicted molar refractivity (Wildman–Crippen MR) is 121 cm³/mol. The van der Waals surface area contributed by atoms with Crippen molar-refractivity contribution in [2.75, 3.05) is 6.54 Å². The first-order valence-electron chi connectivity index (χ1n) is 12.1. The van der Waals surface area contributed by atoms with Gasteiger partial charge in [0, 0.05) is 11.1 Å². The van der Waals surface area contributed by atoms with Crippen molar-refractivity contribution < 1.29 is 0 Å². The van der Waals surface area contributed by atoms with Gasteiger partial charge >= 0.3 is 0 Å². The lowest BCUT2D eigenvalue weighted by Crippen LogP contribution is -2.55. The van der Waals surface area contributed by atoms with E-state index >= 15 is 0 Å². The SMILES string of the molecule is CCCCCCCC(C)(C)N(CCCCC)C(C)(C)CCCCCCC. The predicted octanol–water partition coefficient (Wildman–Crippen LogP) is 8.76. The second-order valence-electron chi connectivity index (χ2n) is 9.81. The van der Waals surface area contributed by atoms with Crippen LogP contribution in [0.15, 0.2) is 0 Å². The minimum Gasteiger partial charge on any atom is -0.293 e. The highest BCUT2D eigenvalue weighted by atomic mass is 15.2. The van der Waals surface area contributed by atoms with Gasteiger partial charge < -0.3 is 0 Å². The summed E-state index contributed by atoms with van der Waals surface area (Å²) in [5, 5.41) is 0. The summed E-state index contributed by atoms with van der Waals surface area (Å²) in [4.78, 5) is 2.88. The maximum Gasteiger partial charge on any atom is 0.0158 e. The van der Waals surface area contributed by atoms with E-state index in [0.717, 1.165) is 0 Å².